The Morgan fingerprint density at radius 1 is 1.37 bits per heavy atom. The third-order valence-corrected chi connectivity index (χ3v) is 4.94. The maximum atomic E-state index is 12.4. The van der Waals surface area contributed by atoms with E-state index in [1.807, 2.05) is 20.8 Å². The molecule has 5 nitrogen and oxygen atoms in total. The molecule has 2 aliphatic rings. The second kappa shape index (κ2) is 3.95. The molecule has 5 heteroatoms. The highest BCUT2D eigenvalue weighted by atomic mass is 16.4. The van der Waals surface area contributed by atoms with Crippen LogP contribution in [0.5, 0.6) is 0 Å². The number of carboxylic acids is 1. The van der Waals surface area contributed by atoms with E-state index in [-0.39, 0.29) is 22.7 Å². The number of aliphatic carboxylic acids is 1. The maximum absolute atomic E-state index is 12.4. The lowest BCUT2D eigenvalue weighted by atomic mass is 9.86. The predicted molar refractivity (Wildman–Crippen MR) is 71.3 cm³/mol. The first-order chi connectivity index (χ1) is 8.49. The van der Waals surface area contributed by atoms with E-state index < -0.39 is 18.1 Å². The van der Waals surface area contributed by atoms with Crippen molar-refractivity contribution in [2.75, 3.05) is 6.54 Å². The molecule has 0 aromatic carbocycles. The minimum absolute atomic E-state index is 0.0334. The topological polar surface area (TPSA) is 83.6 Å². The fourth-order valence-electron chi connectivity index (χ4n) is 3.34. The molecule has 1 aliphatic carbocycles. The summed E-state index contributed by atoms with van der Waals surface area (Å²) in [6.45, 7) is 10.4. The number of hydrogen-bond donors (Lipinski definition) is 2. The zero-order chi connectivity index (χ0) is 14.7. The number of carboxylic acid groups (broad SMARTS) is 1. The molecule has 0 aromatic heterocycles. The molecule has 0 bridgehead atoms. The monoisotopic (exact) mass is 268 g/mol. The lowest BCUT2D eigenvalue weighted by molar-refractivity contribution is -0.151. The number of rotatable bonds is 2. The number of carbonyl (C=O) groups excluding carboxylic acids is 1. The first kappa shape index (κ1) is 14.3. The largest absolute Gasteiger partial charge is 0.480 e. The summed E-state index contributed by atoms with van der Waals surface area (Å²) in [6, 6.07) is -1.36. The van der Waals surface area contributed by atoms with Gasteiger partial charge in [-0.05, 0) is 16.7 Å². The maximum Gasteiger partial charge on any atom is 0.326 e. The van der Waals surface area contributed by atoms with Crippen LogP contribution < -0.4 is 5.73 Å². The molecule has 1 amide bonds. The SMILES string of the molecule is CC1(C)C2CN(C(=O)[C@@H](N)C(C)(C)C)[C@H](C(=O)O)C21. The summed E-state index contributed by atoms with van der Waals surface area (Å²) < 4.78 is 0. The van der Waals surface area contributed by atoms with Crippen molar-refractivity contribution in [2.45, 2.75) is 46.7 Å². The molecular formula is C14H24N2O3. The highest BCUT2D eigenvalue weighted by Crippen LogP contribution is 2.64. The predicted octanol–water partition coefficient (Wildman–Crippen LogP) is 0.927. The van der Waals surface area contributed by atoms with Gasteiger partial charge in [0.1, 0.15) is 6.04 Å². The van der Waals surface area contributed by atoms with Crippen molar-refractivity contribution in [3.63, 3.8) is 0 Å². The van der Waals surface area contributed by atoms with Crippen molar-refractivity contribution in [2.24, 2.45) is 28.4 Å². The summed E-state index contributed by atoms with van der Waals surface area (Å²) in [4.78, 5) is 25.4. The Labute approximate surface area is 114 Å². The average molecular weight is 268 g/mol. The summed E-state index contributed by atoms with van der Waals surface area (Å²) in [5, 5.41) is 9.41. The van der Waals surface area contributed by atoms with Gasteiger partial charge in [-0.2, -0.15) is 0 Å². The van der Waals surface area contributed by atoms with E-state index in [2.05, 4.69) is 13.8 Å². The number of piperidine rings is 1. The number of nitrogens with two attached hydrogens (primary N) is 1. The fraction of sp³-hybridized carbons (Fsp3) is 0.857. The average Bonchev–Trinajstić information content (AvgIpc) is 2.65. The van der Waals surface area contributed by atoms with Crippen LogP contribution in [-0.2, 0) is 9.59 Å². The minimum Gasteiger partial charge on any atom is -0.480 e. The normalized spacial score (nSPS) is 33.8. The smallest absolute Gasteiger partial charge is 0.326 e. The first-order valence-electron chi connectivity index (χ1n) is 6.78. The van der Waals surface area contributed by atoms with Gasteiger partial charge in [-0.25, -0.2) is 4.79 Å². The summed E-state index contributed by atoms with van der Waals surface area (Å²) >= 11 is 0. The van der Waals surface area contributed by atoms with Crippen molar-refractivity contribution in [1.82, 2.24) is 4.90 Å². The third kappa shape index (κ3) is 2.04. The van der Waals surface area contributed by atoms with E-state index in [1.165, 1.54) is 4.90 Å². The van der Waals surface area contributed by atoms with E-state index in [0.29, 0.717) is 12.5 Å². The van der Waals surface area contributed by atoms with Crippen molar-refractivity contribution >= 4 is 11.9 Å². The molecule has 108 valence electrons. The molecule has 1 aliphatic heterocycles. The lowest BCUT2D eigenvalue weighted by Crippen LogP contribution is -2.55. The molecule has 3 N–H and O–H groups in total. The molecule has 4 atom stereocenters. The first-order valence-corrected chi connectivity index (χ1v) is 6.78. The van der Waals surface area contributed by atoms with E-state index in [0.717, 1.165) is 0 Å². The highest BCUT2D eigenvalue weighted by Gasteiger charge is 2.69. The van der Waals surface area contributed by atoms with Crippen LogP contribution in [-0.4, -0.2) is 40.5 Å². The number of hydrogen-bond acceptors (Lipinski definition) is 3. The van der Waals surface area contributed by atoms with Gasteiger partial charge in [-0.15, -0.1) is 0 Å². The Morgan fingerprint density at radius 2 is 1.89 bits per heavy atom. The lowest BCUT2D eigenvalue weighted by Gasteiger charge is -2.34. The van der Waals surface area contributed by atoms with Gasteiger partial charge in [0.2, 0.25) is 5.91 Å². The van der Waals surface area contributed by atoms with Gasteiger partial charge in [0.25, 0.3) is 0 Å². The van der Waals surface area contributed by atoms with Crippen LogP contribution in [0.3, 0.4) is 0 Å². The van der Waals surface area contributed by atoms with Crippen molar-refractivity contribution < 1.29 is 14.7 Å². The van der Waals surface area contributed by atoms with Crippen LogP contribution in [0.4, 0.5) is 0 Å². The molecule has 0 aromatic rings. The Bertz CT molecular complexity index is 425. The summed E-state index contributed by atoms with van der Waals surface area (Å²) in [5.74, 6) is -0.777. The third-order valence-electron chi connectivity index (χ3n) is 4.94. The number of nitrogens with zero attached hydrogens (tertiary/aromatic N) is 1. The van der Waals surface area contributed by atoms with Gasteiger partial charge < -0.3 is 15.7 Å². The molecule has 1 saturated heterocycles. The molecule has 19 heavy (non-hydrogen) atoms. The molecular weight excluding hydrogens is 244 g/mol. The van der Waals surface area contributed by atoms with E-state index >= 15 is 0 Å². The fourth-order valence-corrected chi connectivity index (χ4v) is 3.34. The second-order valence-corrected chi connectivity index (χ2v) is 7.57. The molecule has 2 fully saturated rings. The van der Waals surface area contributed by atoms with Gasteiger partial charge in [0, 0.05) is 12.5 Å². The van der Waals surface area contributed by atoms with Crippen molar-refractivity contribution in [3.8, 4) is 0 Å². The van der Waals surface area contributed by atoms with E-state index in [9.17, 15) is 14.7 Å². The van der Waals surface area contributed by atoms with E-state index in [4.69, 9.17) is 5.73 Å². The summed E-state index contributed by atoms with van der Waals surface area (Å²) in [6.07, 6.45) is 0. The van der Waals surface area contributed by atoms with Gasteiger partial charge in [-0.1, -0.05) is 34.6 Å². The number of likely N-dealkylation sites (tertiary alicyclic amines) is 1. The Balaban J connectivity index is 2.19. The van der Waals surface area contributed by atoms with Crippen LogP contribution in [0.15, 0.2) is 0 Å². The number of carbonyl (C=O) groups is 2. The zero-order valence-electron chi connectivity index (χ0n) is 12.3. The van der Waals surface area contributed by atoms with Crippen LogP contribution in [0, 0.1) is 22.7 Å². The van der Waals surface area contributed by atoms with Crippen molar-refractivity contribution in [3.05, 3.63) is 0 Å². The quantitative estimate of drug-likeness (QED) is 0.780. The van der Waals surface area contributed by atoms with Crippen molar-refractivity contribution in [1.29, 1.82) is 0 Å². The van der Waals surface area contributed by atoms with Gasteiger partial charge in [0.05, 0.1) is 6.04 Å². The van der Waals surface area contributed by atoms with Crippen LogP contribution in [0.1, 0.15) is 34.6 Å². The Kier molecular flexibility index (Phi) is 2.97. The van der Waals surface area contributed by atoms with Gasteiger partial charge in [0.15, 0.2) is 0 Å². The molecule has 1 saturated carbocycles. The highest BCUT2D eigenvalue weighted by molar-refractivity contribution is 5.89. The summed E-state index contributed by atoms with van der Waals surface area (Å²) in [7, 11) is 0. The second-order valence-electron chi connectivity index (χ2n) is 7.57. The standard InChI is InChI=1S/C14H24N2O3/c1-13(2,3)10(15)11(17)16-6-7-8(14(7,4)5)9(16)12(18)19/h7-10H,6,15H2,1-5H3,(H,18,19)/t7?,8?,9-,10+/m0/s1. The van der Waals surface area contributed by atoms with E-state index in [1.54, 1.807) is 0 Å². The molecule has 0 spiro atoms. The van der Waals surface area contributed by atoms with Gasteiger partial charge in [-0.3, -0.25) is 4.79 Å². The van der Waals surface area contributed by atoms with Crippen LogP contribution in [0.25, 0.3) is 0 Å². The number of amides is 1. The minimum atomic E-state index is -0.910. The number of fused-ring (bicyclic) bond motifs is 1. The zero-order valence-corrected chi connectivity index (χ0v) is 12.3. The molecule has 1 heterocycles. The summed E-state index contributed by atoms with van der Waals surface area (Å²) in [5.41, 5.74) is 5.65. The molecule has 2 unspecified atom stereocenters. The Hall–Kier alpha value is -1.10. The Morgan fingerprint density at radius 3 is 2.32 bits per heavy atom. The molecule has 0 radical (unpaired) electrons. The van der Waals surface area contributed by atoms with Crippen LogP contribution in [0.2, 0.25) is 0 Å². The van der Waals surface area contributed by atoms with Crippen LogP contribution >= 0.6 is 0 Å². The molecule has 2 rings (SSSR count). The van der Waals surface area contributed by atoms with Gasteiger partial charge >= 0.3 is 5.97 Å².